The molecule has 1 atom stereocenters. The summed E-state index contributed by atoms with van der Waals surface area (Å²) in [5.41, 5.74) is 0.412. The van der Waals surface area contributed by atoms with Gasteiger partial charge in [0, 0.05) is 4.47 Å². The number of aliphatic carboxylic acids is 1. The molecule has 1 N–H and O–H groups in total. The minimum atomic E-state index is -1.33. The molecule has 0 heterocycles. The maximum absolute atomic E-state index is 13.1. The van der Waals surface area contributed by atoms with Gasteiger partial charge in [0.05, 0.1) is 6.61 Å². The van der Waals surface area contributed by atoms with E-state index in [2.05, 4.69) is 20.7 Å². The molecular formula is C12H12BrFO4. The fraction of sp³-hybridized carbons (Fsp3) is 0.333. The standard InChI is InChI=1S/C12H12BrFO4/c1-2-18-12(17)9(11(15)16)6-7-5-8(14)3-4-10(7)13/h3-5,9H,2,6H2,1H3,(H,15,16). The molecule has 98 valence electrons. The molecule has 4 nitrogen and oxygen atoms in total. The van der Waals surface area contributed by atoms with Crippen LogP contribution in [0.25, 0.3) is 0 Å². The second-order valence-electron chi connectivity index (χ2n) is 3.58. The Bertz CT molecular complexity index is 461. The molecular weight excluding hydrogens is 307 g/mol. The Morgan fingerprint density at radius 2 is 2.17 bits per heavy atom. The molecule has 0 aliphatic heterocycles. The molecule has 1 aromatic carbocycles. The number of carbonyl (C=O) groups excluding carboxylic acids is 1. The zero-order chi connectivity index (χ0) is 13.7. The highest BCUT2D eigenvalue weighted by molar-refractivity contribution is 9.10. The number of esters is 1. The maximum Gasteiger partial charge on any atom is 0.320 e. The van der Waals surface area contributed by atoms with E-state index in [0.29, 0.717) is 10.0 Å². The van der Waals surface area contributed by atoms with Crippen molar-refractivity contribution in [3.63, 3.8) is 0 Å². The van der Waals surface area contributed by atoms with Crippen LogP contribution in [0.3, 0.4) is 0 Å². The molecule has 18 heavy (non-hydrogen) atoms. The monoisotopic (exact) mass is 318 g/mol. The molecule has 0 aromatic heterocycles. The van der Waals surface area contributed by atoms with Crippen LogP contribution in [0.4, 0.5) is 4.39 Å². The van der Waals surface area contributed by atoms with Crippen LogP contribution in [0.15, 0.2) is 22.7 Å². The second kappa shape index (κ2) is 6.49. The van der Waals surface area contributed by atoms with E-state index in [4.69, 9.17) is 5.11 Å². The first kappa shape index (κ1) is 14.6. The Labute approximate surface area is 112 Å². The van der Waals surface area contributed by atoms with Crippen LogP contribution in [0.1, 0.15) is 12.5 Å². The van der Waals surface area contributed by atoms with E-state index in [1.807, 2.05) is 0 Å². The minimum absolute atomic E-state index is 0.104. The van der Waals surface area contributed by atoms with Crippen LogP contribution in [-0.4, -0.2) is 23.7 Å². The lowest BCUT2D eigenvalue weighted by molar-refractivity contribution is -0.158. The second-order valence-corrected chi connectivity index (χ2v) is 4.44. The van der Waals surface area contributed by atoms with E-state index >= 15 is 0 Å². The van der Waals surface area contributed by atoms with Gasteiger partial charge in [0.25, 0.3) is 0 Å². The summed E-state index contributed by atoms with van der Waals surface area (Å²) in [6.07, 6.45) is -0.119. The summed E-state index contributed by atoms with van der Waals surface area (Å²) in [5, 5.41) is 8.98. The number of benzene rings is 1. The molecule has 0 saturated carbocycles. The third-order valence-corrected chi connectivity index (χ3v) is 3.07. The smallest absolute Gasteiger partial charge is 0.320 e. The molecule has 1 rings (SSSR count). The Morgan fingerprint density at radius 3 is 2.72 bits per heavy atom. The lowest BCUT2D eigenvalue weighted by atomic mass is 9.99. The summed E-state index contributed by atoms with van der Waals surface area (Å²) in [6.45, 7) is 1.70. The molecule has 0 amide bonds. The molecule has 0 bridgehead atoms. The van der Waals surface area contributed by atoms with E-state index in [-0.39, 0.29) is 13.0 Å². The van der Waals surface area contributed by atoms with Gasteiger partial charge in [0.15, 0.2) is 5.92 Å². The van der Waals surface area contributed by atoms with Crippen molar-refractivity contribution in [1.82, 2.24) is 0 Å². The summed E-state index contributed by atoms with van der Waals surface area (Å²) >= 11 is 3.18. The molecule has 0 saturated heterocycles. The van der Waals surface area contributed by atoms with Gasteiger partial charge in [-0.2, -0.15) is 0 Å². The summed E-state index contributed by atoms with van der Waals surface area (Å²) in [4.78, 5) is 22.5. The minimum Gasteiger partial charge on any atom is -0.481 e. The predicted molar refractivity (Wildman–Crippen MR) is 65.6 cm³/mol. The Morgan fingerprint density at radius 1 is 1.50 bits per heavy atom. The van der Waals surface area contributed by atoms with Gasteiger partial charge in [-0.25, -0.2) is 4.39 Å². The highest BCUT2D eigenvalue weighted by Crippen LogP contribution is 2.22. The van der Waals surface area contributed by atoms with Crippen molar-refractivity contribution in [2.45, 2.75) is 13.3 Å². The fourth-order valence-corrected chi connectivity index (χ4v) is 1.84. The van der Waals surface area contributed by atoms with Crippen LogP contribution >= 0.6 is 15.9 Å². The molecule has 6 heteroatoms. The van der Waals surface area contributed by atoms with Crippen molar-refractivity contribution in [3.05, 3.63) is 34.1 Å². The van der Waals surface area contributed by atoms with Crippen LogP contribution in [0.5, 0.6) is 0 Å². The summed E-state index contributed by atoms with van der Waals surface area (Å²) in [5.74, 6) is -3.92. The van der Waals surface area contributed by atoms with Gasteiger partial charge < -0.3 is 9.84 Å². The van der Waals surface area contributed by atoms with Crippen molar-refractivity contribution in [2.24, 2.45) is 5.92 Å². The van der Waals surface area contributed by atoms with Crippen molar-refractivity contribution < 1.29 is 23.8 Å². The topological polar surface area (TPSA) is 63.6 Å². The van der Waals surface area contributed by atoms with Gasteiger partial charge in [0.1, 0.15) is 5.82 Å². The maximum atomic E-state index is 13.1. The summed E-state index contributed by atoms with van der Waals surface area (Å²) in [7, 11) is 0. The van der Waals surface area contributed by atoms with Crippen molar-refractivity contribution >= 4 is 27.9 Å². The van der Waals surface area contributed by atoms with Crippen molar-refractivity contribution in [2.75, 3.05) is 6.61 Å². The van der Waals surface area contributed by atoms with Crippen LogP contribution in [-0.2, 0) is 20.7 Å². The summed E-state index contributed by atoms with van der Waals surface area (Å²) < 4.78 is 18.3. The van der Waals surface area contributed by atoms with Crippen molar-refractivity contribution in [1.29, 1.82) is 0 Å². The van der Waals surface area contributed by atoms with E-state index < -0.39 is 23.7 Å². The van der Waals surface area contributed by atoms with Gasteiger partial charge in [0.2, 0.25) is 0 Å². The largest absolute Gasteiger partial charge is 0.481 e. The van der Waals surface area contributed by atoms with Crippen LogP contribution < -0.4 is 0 Å². The highest BCUT2D eigenvalue weighted by Gasteiger charge is 2.28. The van der Waals surface area contributed by atoms with Crippen LogP contribution in [0.2, 0.25) is 0 Å². The van der Waals surface area contributed by atoms with E-state index in [1.165, 1.54) is 18.2 Å². The molecule has 0 radical (unpaired) electrons. The van der Waals surface area contributed by atoms with E-state index in [9.17, 15) is 14.0 Å². The quantitative estimate of drug-likeness (QED) is 0.669. The average molecular weight is 319 g/mol. The molecule has 1 aromatic rings. The molecule has 0 aliphatic carbocycles. The lowest BCUT2D eigenvalue weighted by Crippen LogP contribution is -2.28. The molecule has 1 unspecified atom stereocenters. The first-order chi connectivity index (χ1) is 8.45. The van der Waals surface area contributed by atoms with Gasteiger partial charge in [-0.05, 0) is 37.1 Å². The summed E-state index contributed by atoms with van der Waals surface area (Å²) in [6, 6.07) is 3.90. The SMILES string of the molecule is CCOC(=O)C(Cc1cc(F)ccc1Br)C(=O)O. The number of hydrogen-bond donors (Lipinski definition) is 1. The van der Waals surface area contributed by atoms with Crippen molar-refractivity contribution in [3.8, 4) is 0 Å². The van der Waals surface area contributed by atoms with Gasteiger partial charge in [-0.15, -0.1) is 0 Å². The zero-order valence-electron chi connectivity index (χ0n) is 9.65. The number of ether oxygens (including phenoxy) is 1. The van der Waals surface area contributed by atoms with Gasteiger partial charge >= 0.3 is 11.9 Å². The van der Waals surface area contributed by atoms with Gasteiger partial charge in [-0.1, -0.05) is 15.9 Å². The normalized spacial score (nSPS) is 11.9. The lowest BCUT2D eigenvalue weighted by Gasteiger charge is -2.12. The van der Waals surface area contributed by atoms with E-state index in [1.54, 1.807) is 6.92 Å². The Kier molecular flexibility index (Phi) is 5.27. The Hall–Kier alpha value is -1.43. The number of carbonyl (C=O) groups is 2. The number of carboxylic acid groups (broad SMARTS) is 1. The zero-order valence-corrected chi connectivity index (χ0v) is 11.2. The Balaban J connectivity index is 2.93. The third-order valence-electron chi connectivity index (χ3n) is 2.30. The average Bonchev–Trinajstić information content (AvgIpc) is 2.30. The first-order valence-corrected chi connectivity index (χ1v) is 6.08. The third kappa shape index (κ3) is 3.80. The number of rotatable bonds is 5. The number of carboxylic acids is 1. The van der Waals surface area contributed by atoms with Crippen LogP contribution in [0, 0.1) is 11.7 Å². The molecule has 0 fully saturated rings. The highest BCUT2D eigenvalue weighted by atomic mass is 79.9. The molecule has 0 spiro atoms. The van der Waals surface area contributed by atoms with E-state index in [0.717, 1.165) is 0 Å². The predicted octanol–water partition coefficient (Wildman–Crippen LogP) is 2.39. The first-order valence-electron chi connectivity index (χ1n) is 5.29. The number of hydrogen-bond acceptors (Lipinski definition) is 3. The fourth-order valence-electron chi connectivity index (χ4n) is 1.43. The van der Waals surface area contributed by atoms with Gasteiger partial charge in [-0.3, -0.25) is 9.59 Å². The number of halogens is 2. The molecule has 0 aliphatic rings.